The second kappa shape index (κ2) is 6.06. The van der Waals surface area contributed by atoms with Gasteiger partial charge in [0.15, 0.2) is 0 Å². The van der Waals surface area contributed by atoms with Crippen LogP contribution in [0, 0.1) is 6.92 Å². The Morgan fingerprint density at radius 1 is 1.59 bits per heavy atom. The molecule has 0 radical (unpaired) electrons. The Hall–Kier alpha value is -1.92. The monoisotopic (exact) mass is 302 g/mol. The quantitative estimate of drug-likeness (QED) is 0.853. The molecule has 22 heavy (non-hydrogen) atoms. The zero-order valence-corrected chi connectivity index (χ0v) is 13.0. The minimum atomic E-state index is -0.631. The van der Waals surface area contributed by atoms with Crippen molar-refractivity contribution in [1.29, 1.82) is 0 Å². The van der Waals surface area contributed by atoms with E-state index in [-0.39, 0.29) is 6.04 Å². The van der Waals surface area contributed by atoms with Gasteiger partial charge in [0.25, 0.3) is 0 Å². The topological polar surface area (TPSA) is 75.4 Å². The summed E-state index contributed by atoms with van der Waals surface area (Å²) in [6.45, 7) is 8.76. The molecule has 2 N–H and O–H groups in total. The number of aliphatic hydroxyl groups is 1. The highest BCUT2D eigenvalue weighted by Gasteiger charge is 2.27. The van der Waals surface area contributed by atoms with Crippen LogP contribution in [-0.2, 0) is 4.74 Å². The standard InChI is InChI=1S/C16H22N4O2/c1-10-14(13-6-7-18-15(13)17-3)20(16(19-10)11(2)21)12-5-4-8-22-9-12/h6-7,11-12,18,21H,3-5,8-9H2,1-2H3/t11-,12+/m1/s1. The van der Waals surface area contributed by atoms with Crippen molar-refractivity contribution in [2.75, 3.05) is 13.2 Å². The summed E-state index contributed by atoms with van der Waals surface area (Å²) < 4.78 is 7.76. The molecule has 118 valence electrons. The summed E-state index contributed by atoms with van der Waals surface area (Å²) in [6, 6.07) is 2.15. The maximum atomic E-state index is 10.1. The third-order valence-corrected chi connectivity index (χ3v) is 4.13. The summed E-state index contributed by atoms with van der Waals surface area (Å²) in [5.41, 5.74) is 2.82. The Bertz CT molecular complexity index is 666. The lowest BCUT2D eigenvalue weighted by molar-refractivity contribution is 0.0555. The predicted molar refractivity (Wildman–Crippen MR) is 85.7 cm³/mol. The number of nitrogens with zero attached hydrogens (tertiary/aromatic N) is 3. The lowest BCUT2D eigenvalue weighted by atomic mass is 10.1. The first kappa shape index (κ1) is 15.0. The predicted octanol–water partition coefficient (Wildman–Crippen LogP) is 2.92. The molecule has 1 saturated heterocycles. The number of nitrogens with one attached hydrogen (secondary N) is 1. The number of aliphatic hydroxyl groups excluding tert-OH is 1. The van der Waals surface area contributed by atoms with E-state index >= 15 is 0 Å². The van der Waals surface area contributed by atoms with Gasteiger partial charge < -0.3 is 19.4 Å². The lowest BCUT2D eigenvalue weighted by Crippen LogP contribution is -2.24. The van der Waals surface area contributed by atoms with Crippen LogP contribution < -0.4 is 0 Å². The fourth-order valence-corrected chi connectivity index (χ4v) is 3.17. The van der Waals surface area contributed by atoms with Crippen molar-refractivity contribution in [2.24, 2.45) is 4.99 Å². The van der Waals surface area contributed by atoms with Crippen LogP contribution in [0.1, 0.15) is 43.4 Å². The summed E-state index contributed by atoms with van der Waals surface area (Å²) >= 11 is 0. The minimum absolute atomic E-state index is 0.183. The smallest absolute Gasteiger partial charge is 0.138 e. The number of imidazole rings is 1. The number of aliphatic imine (C=N–C) groups is 1. The fourth-order valence-electron chi connectivity index (χ4n) is 3.17. The van der Waals surface area contributed by atoms with Crippen molar-refractivity contribution in [3.05, 3.63) is 23.8 Å². The van der Waals surface area contributed by atoms with Crippen LogP contribution in [-0.4, -0.2) is 39.6 Å². The first-order valence-electron chi connectivity index (χ1n) is 7.62. The lowest BCUT2D eigenvalue weighted by Gasteiger charge is -2.27. The zero-order chi connectivity index (χ0) is 15.7. The average molecular weight is 302 g/mol. The molecule has 2 atom stereocenters. The van der Waals surface area contributed by atoms with Gasteiger partial charge in [0.05, 0.1) is 24.0 Å². The number of H-pyrrole nitrogens is 1. The molecular weight excluding hydrogens is 280 g/mol. The Kier molecular flexibility index (Phi) is 4.13. The van der Waals surface area contributed by atoms with Crippen molar-refractivity contribution in [3.63, 3.8) is 0 Å². The number of aryl methyl sites for hydroxylation is 1. The molecule has 3 rings (SSSR count). The van der Waals surface area contributed by atoms with Crippen LogP contribution in [0.25, 0.3) is 11.3 Å². The molecule has 0 bridgehead atoms. The summed E-state index contributed by atoms with van der Waals surface area (Å²) in [6.07, 6.45) is 3.24. The van der Waals surface area contributed by atoms with Crippen LogP contribution in [0.15, 0.2) is 17.3 Å². The highest BCUT2D eigenvalue weighted by atomic mass is 16.5. The van der Waals surface area contributed by atoms with Gasteiger partial charge in [0.2, 0.25) is 0 Å². The van der Waals surface area contributed by atoms with Gasteiger partial charge in [-0.05, 0) is 39.5 Å². The zero-order valence-electron chi connectivity index (χ0n) is 13.0. The van der Waals surface area contributed by atoms with E-state index in [0.717, 1.165) is 42.2 Å². The fraction of sp³-hybridized carbons (Fsp3) is 0.500. The molecule has 2 aromatic heterocycles. The first-order chi connectivity index (χ1) is 10.6. The van der Waals surface area contributed by atoms with Crippen molar-refractivity contribution >= 4 is 12.5 Å². The summed E-state index contributed by atoms with van der Waals surface area (Å²) in [5.74, 6) is 1.40. The van der Waals surface area contributed by atoms with Crippen molar-refractivity contribution < 1.29 is 9.84 Å². The summed E-state index contributed by atoms with van der Waals surface area (Å²) in [5, 5.41) is 10.1. The molecule has 0 amide bonds. The van der Waals surface area contributed by atoms with E-state index in [4.69, 9.17) is 4.74 Å². The maximum Gasteiger partial charge on any atom is 0.138 e. The van der Waals surface area contributed by atoms with E-state index in [0.29, 0.717) is 12.4 Å². The number of hydrogen-bond acceptors (Lipinski definition) is 4. The van der Waals surface area contributed by atoms with Crippen LogP contribution in [0.3, 0.4) is 0 Å². The average Bonchev–Trinajstić information content (AvgIpc) is 3.11. The van der Waals surface area contributed by atoms with E-state index < -0.39 is 6.10 Å². The SMILES string of the molecule is C=Nc1[nH]ccc1-c1c(C)nc([C@@H](C)O)n1[C@H]1CCCOC1. The molecule has 1 fully saturated rings. The van der Waals surface area contributed by atoms with Crippen LogP contribution in [0.2, 0.25) is 0 Å². The largest absolute Gasteiger partial charge is 0.385 e. The van der Waals surface area contributed by atoms with Gasteiger partial charge in [0.1, 0.15) is 17.7 Å². The molecular formula is C16H22N4O2. The molecule has 2 aromatic rings. The van der Waals surface area contributed by atoms with Gasteiger partial charge in [0, 0.05) is 18.4 Å². The Morgan fingerprint density at radius 2 is 2.41 bits per heavy atom. The summed E-state index contributed by atoms with van der Waals surface area (Å²) in [7, 11) is 0. The maximum absolute atomic E-state index is 10.1. The van der Waals surface area contributed by atoms with E-state index in [2.05, 4.69) is 26.2 Å². The minimum Gasteiger partial charge on any atom is -0.385 e. The first-order valence-corrected chi connectivity index (χ1v) is 7.62. The van der Waals surface area contributed by atoms with Crippen molar-refractivity contribution in [2.45, 2.75) is 38.8 Å². The third-order valence-electron chi connectivity index (χ3n) is 4.13. The number of ether oxygens (including phenoxy) is 1. The molecule has 6 heteroatoms. The molecule has 0 unspecified atom stereocenters. The highest BCUT2D eigenvalue weighted by molar-refractivity contribution is 5.74. The van der Waals surface area contributed by atoms with Gasteiger partial charge in [-0.25, -0.2) is 9.98 Å². The molecule has 1 aliphatic heterocycles. The van der Waals surface area contributed by atoms with Gasteiger partial charge in [-0.1, -0.05) is 0 Å². The Morgan fingerprint density at radius 3 is 3.05 bits per heavy atom. The molecule has 0 saturated carbocycles. The second-order valence-electron chi connectivity index (χ2n) is 5.72. The van der Waals surface area contributed by atoms with Crippen LogP contribution >= 0.6 is 0 Å². The van der Waals surface area contributed by atoms with Crippen molar-refractivity contribution in [3.8, 4) is 11.3 Å². The normalized spacial score (nSPS) is 20.0. The molecule has 0 aliphatic carbocycles. The Balaban J connectivity index is 2.18. The van der Waals surface area contributed by atoms with Crippen LogP contribution in [0.4, 0.5) is 5.82 Å². The summed E-state index contributed by atoms with van der Waals surface area (Å²) in [4.78, 5) is 11.7. The molecule has 6 nitrogen and oxygen atoms in total. The van der Waals surface area contributed by atoms with Gasteiger partial charge >= 0.3 is 0 Å². The van der Waals surface area contributed by atoms with E-state index in [1.807, 2.05) is 19.2 Å². The van der Waals surface area contributed by atoms with Gasteiger partial charge in [-0.2, -0.15) is 0 Å². The third kappa shape index (κ3) is 2.48. The molecule has 0 aromatic carbocycles. The number of aromatic nitrogens is 3. The van der Waals surface area contributed by atoms with E-state index in [1.165, 1.54) is 0 Å². The number of aromatic amines is 1. The molecule has 0 spiro atoms. The number of hydrogen-bond donors (Lipinski definition) is 2. The van der Waals surface area contributed by atoms with Gasteiger partial charge in [-0.15, -0.1) is 0 Å². The number of rotatable bonds is 4. The molecule has 3 heterocycles. The Labute approximate surface area is 129 Å². The van der Waals surface area contributed by atoms with E-state index in [9.17, 15) is 5.11 Å². The van der Waals surface area contributed by atoms with Crippen molar-refractivity contribution in [1.82, 2.24) is 14.5 Å². The molecule has 1 aliphatic rings. The second-order valence-corrected chi connectivity index (χ2v) is 5.72. The highest BCUT2D eigenvalue weighted by Crippen LogP contribution is 2.37. The van der Waals surface area contributed by atoms with E-state index in [1.54, 1.807) is 6.92 Å². The van der Waals surface area contributed by atoms with Crippen LogP contribution in [0.5, 0.6) is 0 Å². The van der Waals surface area contributed by atoms with Gasteiger partial charge in [-0.3, -0.25) is 0 Å².